The molecule has 4 heterocycles. The van der Waals surface area contributed by atoms with Crippen LogP contribution in [-0.2, 0) is 4.79 Å². The van der Waals surface area contributed by atoms with Crippen molar-refractivity contribution < 1.29 is 4.79 Å². The summed E-state index contributed by atoms with van der Waals surface area (Å²) >= 11 is 11.6. The van der Waals surface area contributed by atoms with Gasteiger partial charge in [0, 0.05) is 0 Å². The largest absolute Gasteiger partial charge is 0.295 e. The number of carbonyl (C=O) groups is 1. The van der Waals surface area contributed by atoms with E-state index in [9.17, 15) is 4.79 Å². The lowest BCUT2D eigenvalue weighted by molar-refractivity contribution is -0.124. The van der Waals surface area contributed by atoms with Crippen molar-refractivity contribution in [2.75, 3.05) is 0 Å². The summed E-state index contributed by atoms with van der Waals surface area (Å²) in [5.41, 5.74) is 2.40. The second-order valence-corrected chi connectivity index (χ2v) is 6.43. The number of ketones is 1. The minimum absolute atomic E-state index is 0.0927. The maximum absolute atomic E-state index is 13.0. The summed E-state index contributed by atoms with van der Waals surface area (Å²) < 4.78 is 3.15. The molecule has 0 aliphatic heterocycles. The molecule has 132 valence electrons. The number of carbonyl (C=O) groups excluding carboxylic acids is 1. The van der Waals surface area contributed by atoms with Crippen LogP contribution in [0.5, 0.6) is 0 Å². The predicted molar refractivity (Wildman–Crippen MR) is 95.1 cm³/mol. The third-order valence-corrected chi connectivity index (χ3v) is 4.56. The molecule has 0 bridgehead atoms. The number of hydrogen-bond donors (Lipinski definition) is 0. The highest BCUT2D eigenvalue weighted by Gasteiger charge is 2.26. The van der Waals surface area contributed by atoms with E-state index in [4.69, 9.17) is 23.2 Å². The van der Waals surface area contributed by atoms with E-state index in [0.717, 1.165) is 0 Å². The van der Waals surface area contributed by atoms with Gasteiger partial charge >= 0.3 is 0 Å². The van der Waals surface area contributed by atoms with Crippen molar-refractivity contribution in [1.29, 1.82) is 0 Å². The van der Waals surface area contributed by atoms with Gasteiger partial charge in [0.25, 0.3) is 0 Å². The molecule has 0 saturated heterocycles. The van der Waals surface area contributed by atoms with Crippen LogP contribution in [-0.4, -0.2) is 45.3 Å². The Morgan fingerprint density at radius 1 is 0.846 bits per heavy atom. The molecule has 0 saturated carbocycles. The average molecular weight is 391 g/mol. The van der Waals surface area contributed by atoms with Gasteiger partial charge in [0.05, 0.1) is 24.8 Å². The molecule has 0 spiro atoms. The highest BCUT2D eigenvalue weighted by atomic mass is 35.5. The van der Waals surface area contributed by atoms with Crippen LogP contribution in [0.3, 0.4) is 0 Å². The molecule has 26 heavy (non-hydrogen) atoms. The Labute approximate surface area is 157 Å². The first-order valence-electron chi connectivity index (χ1n) is 7.71. The molecule has 2 unspecified atom stereocenters. The second kappa shape index (κ2) is 6.26. The Bertz CT molecular complexity index is 1050. The van der Waals surface area contributed by atoms with Crippen molar-refractivity contribution in [3.8, 4) is 0 Å². The molecule has 11 heteroatoms. The third-order valence-electron chi connectivity index (χ3n) is 4.20. The van der Waals surface area contributed by atoms with Gasteiger partial charge in [0.2, 0.25) is 10.6 Å². The number of nitrogens with zero attached hydrogens (tertiary/aromatic N) is 8. The van der Waals surface area contributed by atoms with Crippen molar-refractivity contribution in [3.63, 3.8) is 0 Å². The highest BCUT2D eigenvalue weighted by molar-refractivity contribution is 6.28. The van der Waals surface area contributed by atoms with Gasteiger partial charge in [0.15, 0.2) is 5.78 Å². The number of rotatable bonds is 4. The quantitative estimate of drug-likeness (QED) is 0.493. The first kappa shape index (κ1) is 16.8. The lowest BCUT2D eigenvalue weighted by Gasteiger charge is -2.18. The lowest BCUT2D eigenvalue weighted by atomic mass is 10.1. The van der Waals surface area contributed by atoms with E-state index in [-0.39, 0.29) is 16.4 Å². The third kappa shape index (κ3) is 2.69. The van der Waals surface area contributed by atoms with Gasteiger partial charge in [-0.3, -0.25) is 14.2 Å². The van der Waals surface area contributed by atoms with Gasteiger partial charge in [-0.05, 0) is 37.0 Å². The SMILES string of the molecule is CC(C(=O)C(C)n1ncc2nc(Cl)ncc21)n1ncc2nc(Cl)ncc21. The predicted octanol–water partition coefficient (Wildman–Crippen LogP) is 2.66. The monoisotopic (exact) mass is 390 g/mol. The number of fused-ring (bicyclic) bond motifs is 2. The minimum atomic E-state index is -0.556. The molecule has 0 amide bonds. The summed E-state index contributed by atoms with van der Waals surface area (Å²) in [7, 11) is 0. The molecule has 0 radical (unpaired) electrons. The molecule has 0 aromatic carbocycles. The summed E-state index contributed by atoms with van der Waals surface area (Å²) in [5, 5.41) is 8.78. The van der Waals surface area contributed by atoms with E-state index in [1.165, 1.54) is 0 Å². The van der Waals surface area contributed by atoms with Crippen LogP contribution in [0.2, 0.25) is 10.6 Å². The summed E-state index contributed by atoms with van der Waals surface area (Å²) in [4.78, 5) is 29.1. The van der Waals surface area contributed by atoms with Crippen molar-refractivity contribution >= 4 is 51.1 Å². The van der Waals surface area contributed by atoms with E-state index >= 15 is 0 Å². The van der Waals surface area contributed by atoms with Crippen LogP contribution in [0.15, 0.2) is 24.8 Å². The summed E-state index contributed by atoms with van der Waals surface area (Å²) in [5.74, 6) is -0.0927. The fourth-order valence-electron chi connectivity index (χ4n) is 2.84. The van der Waals surface area contributed by atoms with Crippen molar-refractivity contribution in [2.45, 2.75) is 25.9 Å². The van der Waals surface area contributed by atoms with Gasteiger partial charge in [-0.1, -0.05) is 0 Å². The van der Waals surface area contributed by atoms with Gasteiger partial charge in [-0.15, -0.1) is 0 Å². The van der Waals surface area contributed by atoms with Gasteiger partial charge in [-0.25, -0.2) is 19.9 Å². The normalized spacial score (nSPS) is 14.0. The molecular weight excluding hydrogens is 379 g/mol. The minimum Gasteiger partial charge on any atom is -0.295 e. The van der Waals surface area contributed by atoms with Gasteiger partial charge in [0.1, 0.15) is 34.2 Å². The zero-order valence-electron chi connectivity index (χ0n) is 13.7. The van der Waals surface area contributed by atoms with E-state index in [2.05, 4.69) is 30.1 Å². The van der Waals surface area contributed by atoms with Gasteiger partial charge < -0.3 is 0 Å². The molecular formula is C15H12Cl2N8O. The topological polar surface area (TPSA) is 104 Å². The van der Waals surface area contributed by atoms with Crippen LogP contribution >= 0.6 is 23.2 Å². The molecule has 0 aliphatic carbocycles. The first-order valence-corrected chi connectivity index (χ1v) is 8.46. The van der Waals surface area contributed by atoms with Crippen LogP contribution in [0.4, 0.5) is 0 Å². The Morgan fingerprint density at radius 2 is 1.27 bits per heavy atom. The lowest BCUT2D eigenvalue weighted by Crippen LogP contribution is -2.26. The Kier molecular flexibility index (Phi) is 4.04. The number of hydrogen-bond acceptors (Lipinski definition) is 7. The van der Waals surface area contributed by atoms with Crippen LogP contribution in [0.1, 0.15) is 25.9 Å². The second-order valence-electron chi connectivity index (χ2n) is 5.75. The number of halogens is 2. The molecule has 9 nitrogen and oxygen atoms in total. The smallest absolute Gasteiger partial charge is 0.223 e. The molecule has 4 aromatic rings. The number of Topliss-reactive ketones (excluding diaryl/α,β-unsaturated/α-hetero) is 1. The zero-order valence-corrected chi connectivity index (χ0v) is 15.2. The van der Waals surface area contributed by atoms with E-state index in [1.54, 1.807) is 48.0 Å². The fourth-order valence-corrected chi connectivity index (χ4v) is 3.12. The van der Waals surface area contributed by atoms with Crippen molar-refractivity contribution in [1.82, 2.24) is 39.5 Å². The first-order chi connectivity index (χ1) is 12.5. The molecule has 2 atom stereocenters. The van der Waals surface area contributed by atoms with Crippen LogP contribution < -0.4 is 0 Å². The highest BCUT2D eigenvalue weighted by Crippen LogP contribution is 2.24. The molecule has 4 rings (SSSR count). The zero-order chi connectivity index (χ0) is 18.4. The van der Waals surface area contributed by atoms with Crippen molar-refractivity contribution in [2.24, 2.45) is 0 Å². The van der Waals surface area contributed by atoms with Crippen LogP contribution in [0, 0.1) is 0 Å². The summed E-state index contributed by atoms with van der Waals surface area (Å²) in [6, 6.07) is -1.11. The van der Waals surface area contributed by atoms with E-state index in [1.807, 2.05) is 0 Å². The van der Waals surface area contributed by atoms with E-state index in [0.29, 0.717) is 22.1 Å². The Hall–Kier alpha value is -2.65. The van der Waals surface area contributed by atoms with Crippen molar-refractivity contribution in [3.05, 3.63) is 35.4 Å². The van der Waals surface area contributed by atoms with Crippen LogP contribution in [0.25, 0.3) is 22.1 Å². The average Bonchev–Trinajstić information content (AvgIpc) is 3.22. The Balaban J connectivity index is 1.69. The molecule has 0 N–H and O–H groups in total. The van der Waals surface area contributed by atoms with Gasteiger partial charge in [-0.2, -0.15) is 10.2 Å². The Morgan fingerprint density at radius 3 is 1.69 bits per heavy atom. The maximum Gasteiger partial charge on any atom is 0.223 e. The number of aromatic nitrogens is 8. The molecule has 4 aromatic heterocycles. The maximum atomic E-state index is 13.0. The molecule has 0 aliphatic rings. The summed E-state index contributed by atoms with van der Waals surface area (Å²) in [6.45, 7) is 3.53. The fraction of sp³-hybridized carbons (Fsp3) is 0.267. The molecule has 0 fully saturated rings. The van der Waals surface area contributed by atoms with E-state index < -0.39 is 12.1 Å². The standard InChI is InChI=1S/C15H12Cl2N8O/c1-7(24-11-5-18-14(16)22-9(11)3-20-24)13(26)8(2)25-12-6-19-15(17)23-10(12)4-21-25/h3-8H,1-2H3. The summed E-state index contributed by atoms with van der Waals surface area (Å²) in [6.07, 6.45) is 6.20.